The van der Waals surface area contributed by atoms with Crippen molar-refractivity contribution in [1.82, 2.24) is 9.97 Å². The monoisotopic (exact) mass is 280 g/mol. The zero-order valence-corrected chi connectivity index (χ0v) is 11.6. The SMILES string of the molecule is Clc1cc(-c2cccc3ccccc23)nc(C2CC2)n1. The lowest BCUT2D eigenvalue weighted by Crippen LogP contribution is -1.95. The molecule has 0 spiro atoms. The maximum atomic E-state index is 6.17. The van der Waals surface area contributed by atoms with E-state index in [1.54, 1.807) is 0 Å². The van der Waals surface area contributed by atoms with E-state index >= 15 is 0 Å². The fraction of sp³-hybridized carbons (Fsp3) is 0.176. The molecule has 1 fully saturated rings. The Morgan fingerprint density at radius 3 is 2.60 bits per heavy atom. The molecule has 0 amide bonds. The first-order valence-corrected chi connectivity index (χ1v) is 7.22. The summed E-state index contributed by atoms with van der Waals surface area (Å²) < 4.78 is 0. The lowest BCUT2D eigenvalue weighted by Gasteiger charge is -2.08. The van der Waals surface area contributed by atoms with Gasteiger partial charge in [-0.05, 0) is 23.6 Å². The van der Waals surface area contributed by atoms with Gasteiger partial charge < -0.3 is 0 Å². The first-order valence-electron chi connectivity index (χ1n) is 6.84. The molecule has 1 heterocycles. The molecule has 0 radical (unpaired) electrons. The lowest BCUT2D eigenvalue weighted by atomic mass is 10.0. The maximum absolute atomic E-state index is 6.17. The summed E-state index contributed by atoms with van der Waals surface area (Å²) in [5.74, 6) is 1.39. The first-order chi connectivity index (χ1) is 9.81. The second kappa shape index (κ2) is 4.57. The average Bonchev–Trinajstić information content (AvgIpc) is 3.30. The summed E-state index contributed by atoms with van der Waals surface area (Å²) in [6, 6.07) is 16.5. The van der Waals surface area contributed by atoms with Crippen LogP contribution >= 0.6 is 11.6 Å². The molecule has 3 heteroatoms. The Morgan fingerprint density at radius 2 is 1.75 bits per heavy atom. The number of aromatic nitrogens is 2. The van der Waals surface area contributed by atoms with Crippen LogP contribution in [0.5, 0.6) is 0 Å². The van der Waals surface area contributed by atoms with E-state index in [9.17, 15) is 0 Å². The van der Waals surface area contributed by atoms with Gasteiger partial charge in [-0.15, -0.1) is 0 Å². The van der Waals surface area contributed by atoms with Gasteiger partial charge in [-0.1, -0.05) is 54.1 Å². The van der Waals surface area contributed by atoms with Crippen molar-refractivity contribution in [3.05, 3.63) is 59.5 Å². The van der Waals surface area contributed by atoms with Gasteiger partial charge in [0.25, 0.3) is 0 Å². The van der Waals surface area contributed by atoms with Crippen molar-refractivity contribution in [2.24, 2.45) is 0 Å². The molecule has 0 bridgehead atoms. The largest absolute Gasteiger partial charge is 0.232 e. The van der Waals surface area contributed by atoms with Crippen LogP contribution in [-0.2, 0) is 0 Å². The fourth-order valence-electron chi connectivity index (χ4n) is 2.55. The minimum Gasteiger partial charge on any atom is -0.232 e. The van der Waals surface area contributed by atoms with Gasteiger partial charge in [-0.3, -0.25) is 0 Å². The van der Waals surface area contributed by atoms with E-state index in [4.69, 9.17) is 16.6 Å². The van der Waals surface area contributed by atoms with Gasteiger partial charge in [0.1, 0.15) is 11.0 Å². The molecule has 1 aromatic heterocycles. The molecule has 0 unspecified atom stereocenters. The lowest BCUT2D eigenvalue weighted by molar-refractivity contribution is 0.931. The van der Waals surface area contributed by atoms with Crippen LogP contribution in [-0.4, -0.2) is 9.97 Å². The van der Waals surface area contributed by atoms with Gasteiger partial charge in [-0.25, -0.2) is 9.97 Å². The highest BCUT2D eigenvalue weighted by molar-refractivity contribution is 6.29. The Labute approximate surface area is 122 Å². The molecule has 3 aromatic rings. The molecule has 4 rings (SSSR count). The maximum Gasteiger partial charge on any atom is 0.133 e. The van der Waals surface area contributed by atoms with Crippen LogP contribution in [0.1, 0.15) is 24.6 Å². The number of fused-ring (bicyclic) bond motifs is 1. The minimum absolute atomic E-state index is 0.502. The molecule has 1 aliphatic carbocycles. The second-order valence-corrected chi connectivity index (χ2v) is 5.62. The average molecular weight is 281 g/mol. The third-order valence-corrected chi connectivity index (χ3v) is 3.91. The molecule has 0 atom stereocenters. The molecular formula is C17H13ClN2. The van der Waals surface area contributed by atoms with Crippen LogP contribution in [0.15, 0.2) is 48.5 Å². The van der Waals surface area contributed by atoms with Crippen LogP contribution in [0.25, 0.3) is 22.0 Å². The van der Waals surface area contributed by atoms with Crippen LogP contribution in [0.3, 0.4) is 0 Å². The molecular weight excluding hydrogens is 268 g/mol. The third-order valence-electron chi connectivity index (χ3n) is 3.72. The van der Waals surface area contributed by atoms with E-state index in [2.05, 4.69) is 47.4 Å². The Morgan fingerprint density at radius 1 is 0.950 bits per heavy atom. The number of benzene rings is 2. The normalized spacial score (nSPS) is 14.7. The molecule has 0 saturated heterocycles. The van der Waals surface area contributed by atoms with E-state index in [0.29, 0.717) is 11.1 Å². The number of rotatable bonds is 2. The van der Waals surface area contributed by atoms with Crippen LogP contribution in [0.4, 0.5) is 0 Å². The number of hydrogen-bond donors (Lipinski definition) is 0. The smallest absolute Gasteiger partial charge is 0.133 e. The molecule has 20 heavy (non-hydrogen) atoms. The summed E-state index contributed by atoms with van der Waals surface area (Å²) in [6.07, 6.45) is 2.35. The molecule has 2 nitrogen and oxygen atoms in total. The van der Waals surface area contributed by atoms with Gasteiger partial charge in [0.2, 0.25) is 0 Å². The zero-order valence-electron chi connectivity index (χ0n) is 10.9. The van der Waals surface area contributed by atoms with Crippen LogP contribution in [0.2, 0.25) is 5.15 Å². The Kier molecular flexibility index (Phi) is 2.71. The van der Waals surface area contributed by atoms with Crippen molar-refractivity contribution in [1.29, 1.82) is 0 Å². The van der Waals surface area contributed by atoms with Gasteiger partial charge in [0, 0.05) is 17.5 Å². The van der Waals surface area contributed by atoms with Crippen molar-refractivity contribution >= 4 is 22.4 Å². The van der Waals surface area contributed by atoms with E-state index in [0.717, 1.165) is 17.1 Å². The van der Waals surface area contributed by atoms with Crippen LogP contribution in [0, 0.1) is 0 Å². The minimum atomic E-state index is 0.502. The second-order valence-electron chi connectivity index (χ2n) is 5.24. The van der Waals surface area contributed by atoms with Crippen molar-refractivity contribution < 1.29 is 0 Å². The third kappa shape index (κ3) is 2.06. The molecule has 98 valence electrons. The van der Waals surface area contributed by atoms with Crippen molar-refractivity contribution in [3.8, 4) is 11.3 Å². The standard InChI is InChI=1S/C17H13ClN2/c18-16-10-15(19-17(20-16)12-8-9-12)14-7-3-5-11-4-1-2-6-13(11)14/h1-7,10,12H,8-9H2. The Bertz CT molecular complexity index is 789. The summed E-state index contributed by atoms with van der Waals surface area (Å²) in [5, 5.41) is 2.95. The van der Waals surface area contributed by atoms with Crippen molar-refractivity contribution in [2.75, 3.05) is 0 Å². The predicted octanol–water partition coefficient (Wildman–Crippen LogP) is 4.83. The molecule has 1 aliphatic rings. The highest BCUT2D eigenvalue weighted by Gasteiger charge is 2.27. The van der Waals surface area contributed by atoms with E-state index in [1.807, 2.05) is 6.07 Å². The van der Waals surface area contributed by atoms with Gasteiger partial charge in [0.05, 0.1) is 5.69 Å². The summed E-state index contributed by atoms with van der Waals surface area (Å²) in [4.78, 5) is 9.08. The fourth-order valence-corrected chi connectivity index (χ4v) is 2.74. The van der Waals surface area contributed by atoms with Gasteiger partial charge >= 0.3 is 0 Å². The highest BCUT2D eigenvalue weighted by atomic mass is 35.5. The molecule has 1 saturated carbocycles. The quantitative estimate of drug-likeness (QED) is 0.629. The first kappa shape index (κ1) is 11.9. The molecule has 0 aliphatic heterocycles. The predicted molar refractivity (Wildman–Crippen MR) is 82.0 cm³/mol. The summed E-state index contributed by atoms with van der Waals surface area (Å²) in [6.45, 7) is 0. The van der Waals surface area contributed by atoms with Crippen LogP contribution < -0.4 is 0 Å². The summed E-state index contributed by atoms with van der Waals surface area (Å²) in [7, 11) is 0. The van der Waals surface area contributed by atoms with E-state index in [-0.39, 0.29) is 0 Å². The Balaban J connectivity index is 1.94. The van der Waals surface area contributed by atoms with E-state index in [1.165, 1.54) is 23.6 Å². The number of halogens is 1. The highest BCUT2D eigenvalue weighted by Crippen LogP contribution is 2.39. The Hall–Kier alpha value is -1.93. The van der Waals surface area contributed by atoms with Crippen molar-refractivity contribution in [3.63, 3.8) is 0 Å². The topological polar surface area (TPSA) is 25.8 Å². The zero-order chi connectivity index (χ0) is 13.5. The van der Waals surface area contributed by atoms with Crippen molar-refractivity contribution in [2.45, 2.75) is 18.8 Å². The van der Waals surface area contributed by atoms with E-state index < -0.39 is 0 Å². The number of nitrogens with zero attached hydrogens (tertiary/aromatic N) is 2. The van der Waals surface area contributed by atoms with Gasteiger partial charge in [0.15, 0.2) is 0 Å². The summed E-state index contributed by atoms with van der Waals surface area (Å²) >= 11 is 6.17. The molecule has 2 aromatic carbocycles. The van der Waals surface area contributed by atoms with Gasteiger partial charge in [-0.2, -0.15) is 0 Å². The number of hydrogen-bond acceptors (Lipinski definition) is 2. The molecule has 0 N–H and O–H groups in total. The summed E-state index contributed by atoms with van der Waals surface area (Å²) in [5.41, 5.74) is 2.04.